The monoisotopic (exact) mass is 340 g/mol. The quantitative estimate of drug-likeness (QED) is 0.831. The number of furan rings is 1. The summed E-state index contributed by atoms with van der Waals surface area (Å²) in [5.41, 5.74) is 3.51. The number of rotatable bonds is 4. The summed E-state index contributed by atoms with van der Waals surface area (Å²) in [7, 11) is 0. The average molecular weight is 340 g/mol. The van der Waals surface area contributed by atoms with Gasteiger partial charge in [0.05, 0.1) is 0 Å². The molecule has 0 saturated heterocycles. The van der Waals surface area contributed by atoms with Crippen LogP contribution in [0.2, 0.25) is 0 Å². The van der Waals surface area contributed by atoms with Gasteiger partial charge in [0.1, 0.15) is 11.5 Å². The van der Waals surface area contributed by atoms with Gasteiger partial charge in [-0.3, -0.25) is 4.79 Å². The van der Waals surface area contributed by atoms with Crippen molar-refractivity contribution in [1.82, 2.24) is 5.32 Å². The van der Waals surface area contributed by atoms with E-state index in [1.807, 2.05) is 25.1 Å². The summed E-state index contributed by atoms with van der Waals surface area (Å²) in [4.78, 5) is 11.3. The number of benzene rings is 1. The lowest BCUT2D eigenvalue weighted by atomic mass is 9.74. The minimum atomic E-state index is -0.0506. The van der Waals surface area contributed by atoms with Crippen LogP contribution in [0.4, 0.5) is 5.69 Å². The summed E-state index contributed by atoms with van der Waals surface area (Å²) in [5.74, 6) is 2.05. The van der Waals surface area contributed by atoms with E-state index in [1.54, 1.807) is 0 Å². The van der Waals surface area contributed by atoms with Gasteiger partial charge in [-0.1, -0.05) is 26.0 Å². The Balaban J connectivity index is 1.81. The Morgan fingerprint density at radius 1 is 1.32 bits per heavy atom. The Kier molecular flexibility index (Phi) is 4.74. The van der Waals surface area contributed by atoms with Gasteiger partial charge < -0.3 is 15.1 Å². The maximum atomic E-state index is 11.3. The summed E-state index contributed by atoms with van der Waals surface area (Å²) < 4.78 is 5.93. The SMILES string of the molecule is CC(=O)Nc1cccc(C(C)NC2CC(C)(C)Cc3oc(C)cc32)c1. The van der Waals surface area contributed by atoms with Crippen molar-refractivity contribution < 1.29 is 9.21 Å². The fourth-order valence-electron chi connectivity index (χ4n) is 3.82. The molecule has 0 spiro atoms. The first-order chi connectivity index (χ1) is 11.7. The third-order valence-electron chi connectivity index (χ3n) is 4.89. The first-order valence-corrected chi connectivity index (χ1v) is 8.96. The van der Waals surface area contributed by atoms with Gasteiger partial charge in [0.2, 0.25) is 5.91 Å². The number of aryl methyl sites for hydroxylation is 1. The second-order valence-corrected chi connectivity index (χ2v) is 8.03. The Hall–Kier alpha value is -2.07. The minimum Gasteiger partial charge on any atom is -0.466 e. The van der Waals surface area contributed by atoms with E-state index in [-0.39, 0.29) is 23.4 Å². The van der Waals surface area contributed by atoms with Crippen molar-refractivity contribution in [2.24, 2.45) is 5.41 Å². The van der Waals surface area contributed by atoms with E-state index >= 15 is 0 Å². The lowest BCUT2D eigenvalue weighted by Gasteiger charge is -2.36. The smallest absolute Gasteiger partial charge is 0.221 e. The molecule has 1 aliphatic rings. The van der Waals surface area contributed by atoms with Crippen molar-refractivity contribution in [3.05, 3.63) is 53.0 Å². The zero-order chi connectivity index (χ0) is 18.2. The molecule has 1 aliphatic carbocycles. The first-order valence-electron chi connectivity index (χ1n) is 8.96. The molecule has 1 aromatic heterocycles. The molecule has 2 N–H and O–H groups in total. The van der Waals surface area contributed by atoms with E-state index in [2.05, 4.69) is 43.5 Å². The Labute approximate surface area is 150 Å². The molecule has 0 bridgehead atoms. The van der Waals surface area contributed by atoms with E-state index in [9.17, 15) is 4.79 Å². The predicted molar refractivity (Wildman–Crippen MR) is 101 cm³/mol. The molecule has 0 fully saturated rings. The highest BCUT2D eigenvalue weighted by molar-refractivity contribution is 5.88. The first kappa shape index (κ1) is 17.7. The maximum absolute atomic E-state index is 11.3. The molecule has 2 atom stereocenters. The molecular formula is C21H28N2O2. The van der Waals surface area contributed by atoms with Crippen LogP contribution in [-0.4, -0.2) is 5.91 Å². The lowest BCUT2D eigenvalue weighted by molar-refractivity contribution is -0.114. The fourth-order valence-corrected chi connectivity index (χ4v) is 3.82. The number of hydrogen-bond acceptors (Lipinski definition) is 3. The summed E-state index contributed by atoms with van der Waals surface area (Å²) in [6.45, 7) is 10.3. The van der Waals surface area contributed by atoms with Gasteiger partial charge in [-0.15, -0.1) is 0 Å². The number of hydrogen-bond donors (Lipinski definition) is 2. The Morgan fingerprint density at radius 2 is 2.08 bits per heavy atom. The molecule has 25 heavy (non-hydrogen) atoms. The summed E-state index contributed by atoms with van der Waals surface area (Å²) >= 11 is 0. The number of amides is 1. The second kappa shape index (κ2) is 6.68. The van der Waals surface area contributed by atoms with Gasteiger partial charge in [0.15, 0.2) is 0 Å². The fraction of sp³-hybridized carbons (Fsp3) is 0.476. The Morgan fingerprint density at radius 3 is 2.80 bits per heavy atom. The van der Waals surface area contributed by atoms with Crippen molar-refractivity contribution in [2.45, 2.75) is 59.5 Å². The molecule has 0 aliphatic heterocycles. The molecule has 1 heterocycles. The van der Waals surface area contributed by atoms with Crippen molar-refractivity contribution in [3.8, 4) is 0 Å². The maximum Gasteiger partial charge on any atom is 0.221 e. The number of fused-ring (bicyclic) bond motifs is 1. The highest BCUT2D eigenvalue weighted by Crippen LogP contribution is 2.42. The van der Waals surface area contributed by atoms with Crippen LogP contribution in [0.5, 0.6) is 0 Å². The molecule has 2 unspecified atom stereocenters. The van der Waals surface area contributed by atoms with Gasteiger partial charge in [0.25, 0.3) is 0 Å². The van der Waals surface area contributed by atoms with Crippen LogP contribution in [0.15, 0.2) is 34.7 Å². The van der Waals surface area contributed by atoms with Gasteiger partial charge in [-0.25, -0.2) is 0 Å². The topological polar surface area (TPSA) is 54.3 Å². The van der Waals surface area contributed by atoms with E-state index in [1.165, 1.54) is 12.5 Å². The third kappa shape index (κ3) is 4.13. The zero-order valence-electron chi connectivity index (χ0n) is 15.8. The molecule has 1 aromatic carbocycles. The molecule has 134 valence electrons. The molecule has 4 nitrogen and oxygen atoms in total. The average Bonchev–Trinajstić information content (AvgIpc) is 2.85. The molecular weight excluding hydrogens is 312 g/mol. The molecule has 2 aromatic rings. The molecule has 4 heteroatoms. The Bertz CT molecular complexity index is 776. The van der Waals surface area contributed by atoms with Gasteiger partial charge in [-0.05, 0) is 49.4 Å². The van der Waals surface area contributed by atoms with Crippen LogP contribution in [0.1, 0.15) is 68.8 Å². The number of nitrogens with one attached hydrogen (secondary N) is 2. The second-order valence-electron chi connectivity index (χ2n) is 8.03. The van der Waals surface area contributed by atoms with Gasteiger partial charge in [0, 0.05) is 36.7 Å². The van der Waals surface area contributed by atoms with Crippen LogP contribution in [-0.2, 0) is 11.2 Å². The van der Waals surface area contributed by atoms with E-state index in [0.717, 1.165) is 35.6 Å². The van der Waals surface area contributed by atoms with Crippen LogP contribution >= 0.6 is 0 Å². The van der Waals surface area contributed by atoms with Crippen LogP contribution in [0.25, 0.3) is 0 Å². The molecule has 3 rings (SSSR count). The third-order valence-corrected chi connectivity index (χ3v) is 4.89. The molecule has 0 radical (unpaired) electrons. The summed E-state index contributed by atoms with van der Waals surface area (Å²) in [5, 5.41) is 6.62. The number of carbonyl (C=O) groups is 1. The van der Waals surface area contributed by atoms with Gasteiger partial charge in [-0.2, -0.15) is 0 Å². The highest BCUT2D eigenvalue weighted by Gasteiger charge is 2.35. The normalized spacial score (nSPS) is 20.0. The highest BCUT2D eigenvalue weighted by atomic mass is 16.3. The van der Waals surface area contributed by atoms with E-state index in [4.69, 9.17) is 4.42 Å². The van der Waals surface area contributed by atoms with Crippen LogP contribution < -0.4 is 10.6 Å². The largest absolute Gasteiger partial charge is 0.466 e. The van der Waals surface area contributed by atoms with E-state index < -0.39 is 0 Å². The number of carbonyl (C=O) groups excluding carboxylic acids is 1. The van der Waals surface area contributed by atoms with Crippen molar-refractivity contribution in [1.29, 1.82) is 0 Å². The van der Waals surface area contributed by atoms with Crippen molar-refractivity contribution >= 4 is 11.6 Å². The zero-order valence-corrected chi connectivity index (χ0v) is 15.8. The molecule has 1 amide bonds. The molecule has 0 saturated carbocycles. The number of anilines is 1. The minimum absolute atomic E-state index is 0.0506. The van der Waals surface area contributed by atoms with Crippen molar-refractivity contribution in [3.63, 3.8) is 0 Å². The summed E-state index contributed by atoms with van der Waals surface area (Å²) in [6, 6.07) is 10.7. The lowest BCUT2D eigenvalue weighted by Crippen LogP contribution is -2.34. The standard InChI is InChI=1S/C21H28N2O2/c1-13-9-18-19(11-21(4,5)12-20(18)25-13)22-14(2)16-7-6-8-17(10-16)23-15(3)24/h6-10,14,19,22H,11-12H2,1-5H3,(H,23,24). The van der Waals surface area contributed by atoms with E-state index in [0.29, 0.717) is 0 Å². The van der Waals surface area contributed by atoms with Crippen LogP contribution in [0, 0.1) is 12.3 Å². The summed E-state index contributed by atoms with van der Waals surface area (Å²) in [6.07, 6.45) is 2.06. The van der Waals surface area contributed by atoms with Crippen LogP contribution in [0.3, 0.4) is 0 Å². The van der Waals surface area contributed by atoms with Gasteiger partial charge >= 0.3 is 0 Å². The van der Waals surface area contributed by atoms with Crippen molar-refractivity contribution in [2.75, 3.05) is 5.32 Å². The predicted octanol–water partition coefficient (Wildman–Crippen LogP) is 4.91.